The summed E-state index contributed by atoms with van der Waals surface area (Å²) in [5.41, 5.74) is 1.72. The molecule has 0 aliphatic carbocycles. The molecule has 0 bridgehead atoms. The van der Waals surface area contributed by atoms with E-state index in [1.165, 1.54) is 12.1 Å². The highest BCUT2D eigenvalue weighted by atomic mass is 19.1. The van der Waals surface area contributed by atoms with E-state index in [0.717, 1.165) is 11.3 Å². The first-order valence-electron chi connectivity index (χ1n) is 10.0. The molecular formula is C24H22FN3O3. The number of likely N-dealkylation sites (tertiary alicyclic amines) is 1. The number of halogens is 1. The van der Waals surface area contributed by atoms with Crippen LogP contribution in [0.4, 0.5) is 4.39 Å². The summed E-state index contributed by atoms with van der Waals surface area (Å²) in [4.78, 5) is 30.7. The summed E-state index contributed by atoms with van der Waals surface area (Å²) < 4.78 is 18.6. The fraction of sp³-hybridized carbons (Fsp3) is 0.208. The Balaban J connectivity index is 1.26. The summed E-state index contributed by atoms with van der Waals surface area (Å²) in [6.45, 7) is 1.17. The van der Waals surface area contributed by atoms with Crippen molar-refractivity contribution in [3.63, 3.8) is 0 Å². The molecule has 0 spiro atoms. The molecule has 31 heavy (non-hydrogen) atoms. The van der Waals surface area contributed by atoms with Crippen molar-refractivity contribution < 1.29 is 18.7 Å². The SMILES string of the molecule is O=C(NCc1ccc(Oc2ccc(F)cc2)cc1)C1CC(=O)N(Cc2ccccn2)C1. The Morgan fingerprint density at radius 1 is 1.06 bits per heavy atom. The van der Waals surface area contributed by atoms with Crippen LogP contribution in [0.15, 0.2) is 72.9 Å². The Bertz CT molecular complexity index is 1040. The smallest absolute Gasteiger partial charge is 0.225 e. The van der Waals surface area contributed by atoms with E-state index in [4.69, 9.17) is 4.74 Å². The van der Waals surface area contributed by atoms with Gasteiger partial charge < -0.3 is 15.0 Å². The van der Waals surface area contributed by atoms with E-state index in [2.05, 4.69) is 10.3 Å². The van der Waals surface area contributed by atoms with Crippen molar-refractivity contribution in [2.75, 3.05) is 6.54 Å². The fourth-order valence-electron chi connectivity index (χ4n) is 3.44. The van der Waals surface area contributed by atoms with Gasteiger partial charge in [-0.15, -0.1) is 0 Å². The van der Waals surface area contributed by atoms with Gasteiger partial charge in [-0.1, -0.05) is 18.2 Å². The number of pyridine rings is 1. The van der Waals surface area contributed by atoms with E-state index < -0.39 is 0 Å². The van der Waals surface area contributed by atoms with E-state index in [1.807, 2.05) is 30.3 Å². The molecule has 2 heterocycles. The number of nitrogens with zero attached hydrogens (tertiary/aromatic N) is 2. The van der Waals surface area contributed by atoms with Gasteiger partial charge in [-0.3, -0.25) is 14.6 Å². The summed E-state index contributed by atoms with van der Waals surface area (Å²) in [5, 5.41) is 2.91. The van der Waals surface area contributed by atoms with Crippen LogP contribution in [0.3, 0.4) is 0 Å². The van der Waals surface area contributed by atoms with Crippen LogP contribution in [0.2, 0.25) is 0 Å². The number of nitrogens with one attached hydrogen (secondary N) is 1. The molecular weight excluding hydrogens is 397 g/mol. The van der Waals surface area contributed by atoms with Crippen LogP contribution in [0.1, 0.15) is 17.7 Å². The summed E-state index contributed by atoms with van der Waals surface area (Å²) in [6, 6.07) is 18.7. The highest BCUT2D eigenvalue weighted by molar-refractivity contribution is 5.89. The Morgan fingerprint density at radius 3 is 2.45 bits per heavy atom. The molecule has 2 amide bonds. The van der Waals surface area contributed by atoms with Gasteiger partial charge in [-0.25, -0.2) is 4.39 Å². The van der Waals surface area contributed by atoms with Gasteiger partial charge in [0.1, 0.15) is 17.3 Å². The molecule has 158 valence electrons. The number of hydrogen-bond donors (Lipinski definition) is 1. The van der Waals surface area contributed by atoms with Gasteiger partial charge in [0.05, 0.1) is 18.2 Å². The summed E-state index contributed by atoms with van der Waals surface area (Å²) in [5.74, 6) is 0.313. The minimum absolute atomic E-state index is 0.0342. The lowest BCUT2D eigenvalue weighted by molar-refractivity contribution is -0.129. The predicted octanol–water partition coefficient (Wildman–Crippen LogP) is 3.68. The van der Waals surface area contributed by atoms with Crippen molar-refractivity contribution in [2.24, 2.45) is 5.92 Å². The van der Waals surface area contributed by atoms with E-state index in [1.54, 1.807) is 35.4 Å². The number of carbonyl (C=O) groups excluding carboxylic acids is 2. The quantitative estimate of drug-likeness (QED) is 0.634. The monoisotopic (exact) mass is 419 g/mol. The normalized spacial score (nSPS) is 15.7. The standard InChI is InChI=1S/C24H22FN3O3/c25-19-6-10-22(11-7-19)31-21-8-4-17(5-9-21)14-27-24(30)18-13-23(29)28(15-18)16-20-3-1-2-12-26-20/h1-12,18H,13-16H2,(H,27,30). The zero-order valence-corrected chi connectivity index (χ0v) is 16.8. The number of ether oxygens (including phenoxy) is 1. The van der Waals surface area contributed by atoms with Gasteiger partial charge in [0.2, 0.25) is 11.8 Å². The van der Waals surface area contributed by atoms with Crippen LogP contribution in [-0.4, -0.2) is 28.2 Å². The lowest BCUT2D eigenvalue weighted by Crippen LogP contribution is -2.32. The third-order valence-electron chi connectivity index (χ3n) is 5.10. The lowest BCUT2D eigenvalue weighted by Gasteiger charge is -2.16. The first kappa shape index (κ1) is 20.5. The van der Waals surface area contributed by atoms with E-state index in [9.17, 15) is 14.0 Å². The number of aromatic nitrogens is 1. The Kier molecular flexibility index (Phi) is 6.21. The first-order chi connectivity index (χ1) is 15.1. The van der Waals surface area contributed by atoms with Crippen molar-refractivity contribution in [1.29, 1.82) is 0 Å². The molecule has 0 radical (unpaired) electrons. The molecule has 1 saturated heterocycles. The maximum absolute atomic E-state index is 13.0. The van der Waals surface area contributed by atoms with Gasteiger partial charge in [0, 0.05) is 25.7 Å². The van der Waals surface area contributed by atoms with Gasteiger partial charge >= 0.3 is 0 Å². The molecule has 1 aliphatic heterocycles. The topological polar surface area (TPSA) is 71.5 Å². The second-order valence-corrected chi connectivity index (χ2v) is 7.41. The van der Waals surface area contributed by atoms with Gasteiger partial charge in [0.15, 0.2) is 0 Å². The maximum Gasteiger partial charge on any atom is 0.225 e. The third kappa shape index (κ3) is 5.45. The minimum Gasteiger partial charge on any atom is -0.457 e. The molecule has 1 aliphatic rings. The van der Waals surface area contributed by atoms with Crippen molar-refractivity contribution in [1.82, 2.24) is 15.2 Å². The lowest BCUT2D eigenvalue weighted by atomic mass is 10.1. The van der Waals surface area contributed by atoms with Crippen molar-refractivity contribution in [2.45, 2.75) is 19.5 Å². The largest absolute Gasteiger partial charge is 0.457 e. The van der Waals surface area contributed by atoms with Crippen molar-refractivity contribution in [3.8, 4) is 11.5 Å². The third-order valence-corrected chi connectivity index (χ3v) is 5.10. The zero-order valence-electron chi connectivity index (χ0n) is 16.8. The summed E-state index contributed by atoms with van der Waals surface area (Å²) in [7, 11) is 0. The molecule has 2 aromatic carbocycles. The molecule has 7 heteroatoms. The van der Waals surface area contributed by atoms with E-state index in [0.29, 0.717) is 31.1 Å². The number of carbonyl (C=O) groups is 2. The highest BCUT2D eigenvalue weighted by Gasteiger charge is 2.34. The van der Waals surface area contributed by atoms with Crippen LogP contribution < -0.4 is 10.1 Å². The van der Waals surface area contributed by atoms with Crippen LogP contribution in [0.25, 0.3) is 0 Å². The Labute approximate surface area is 179 Å². The second-order valence-electron chi connectivity index (χ2n) is 7.41. The molecule has 1 N–H and O–H groups in total. The summed E-state index contributed by atoms with van der Waals surface area (Å²) in [6.07, 6.45) is 1.90. The van der Waals surface area contributed by atoms with Crippen LogP contribution in [-0.2, 0) is 22.7 Å². The molecule has 1 atom stereocenters. The molecule has 1 fully saturated rings. The number of hydrogen-bond acceptors (Lipinski definition) is 4. The van der Waals surface area contributed by atoms with Crippen LogP contribution >= 0.6 is 0 Å². The molecule has 1 unspecified atom stereocenters. The molecule has 1 aromatic heterocycles. The van der Waals surface area contributed by atoms with Crippen LogP contribution in [0, 0.1) is 11.7 Å². The van der Waals surface area contributed by atoms with Gasteiger partial charge in [-0.05, 0) is 54.1 Å². The fourth-order valence-corrected chi connectivity index (χ4v) is 3.44. The number of rotatable bonds is 7. The Hall–Kier alpha value is -3.74. The Morgan fingerprint density at radius 2 is 1.77 bits per heavy atom. The van der Waals surface area contributed by atoms with Gasteiger partial charge in [0.25, 0.3) is 0 Å². The number of amides is 2. The minimum atomic E-state index is -0.364. The van der Waals surface area contributed by atoms with Crippen molar-refractivity contribution in [3.05, 3.63) is 90.0 Å². The molecule has 0 saturated carbocycles. The second kappa shape index (κ2) is 9.38. The molecule has 4 rings (SSSR count). The van der Waals surface area contributed by atoms with Crippen molar-refractivity contribution >= 4 is 11.8 Å². The number of benzene rings is 2. The zero-order chi connectivity index (χ0) is 21.6. The first-order valence-corrected chi connectivity index (χ1v) is 10.0. The average molecular weight is 419 g/mol. The molecule has 6 nitrogen and oxygen atoms in total. The maximum atomic E-state index is 13.0. The molecule has 3 aromatic rings. The van der Waals surface area contributed by atoms with Gasteiger partial charge in [-0.2, -0.15) is 0 Å². The highest BCUT2D eigenvalue weighted by Crippen LogP contribution is 2.23. The van der Waals surface area contributed by atoms with Crippen LogP contribution in [0.5, 0.6) is 11.5 Å². The average Bonchev–Trinajstić information content (AvgIpc) is 3.15. The summed E-state index contributed by atoms with van der Waals surface area (Å²) >= 11 is 0. The predicted molar refractivity (Wildman–Crippen MR) is 113 cm³/mol. The van der Waals surface area contributed by atoms with E-state index >= 15 is 0 Å². The van der Waals surface area contributed by atoms with E-state index in [-0.39, 0.29) is 30.0 Å².